The van der Waals surface area contributed by atoms with Gasteiger partial charge in [0.05, 0.1) is 17.2 Å². The molecule has 140 valence electrons. The molecule has 7 heteroatoms. The number of rotatable bonds is 3. The van der Waals surface area contributed by atoms with Crippen molar-refractivity contribution in [3.8, 4) is 0 Å². The van der Waals surface area contributed by atoms with E-state index in [4.69, 9.17) is 9.40 Å². The average Bonchev–Trinajstić information content (AvgIpc) is 3.38. The monoisotopic (exact) mass is 382 g/mol. The number of hydrogen-bond acceptors (Lipinski definition) is 6. The van der Waals surface area contributed by atoms with Gasteiger partial charge in [0.2, 0.25) is 0 Å². The number of anilines is 1. The molecule has 1 aliphatic carbocycles. The number of carbonyl (C=O) groups excluding carboxylic acids is 1. The Morgan fingerprint density at radius 2 is 2.15 bits per heavy atom. The minimum Gasteiger partial charge on any atom is -0.472 e. The number of nitrogens with zero attached hydrogens (tertiary/aromatic N) is 3. The largest absolute Gasteiger partial charge is 0.472 e. The summed E-state index contributed by atoms with van der Waals surface area (Å²) >= 11 is 1.83. The lowest BCUT2D eigenvalue weighted by molar-refractivity contribution is 0.0717. The lowest BCUT2D eigenvalue weighted by Crippen LogP contribution is -2.42. The van der Waals surface area contributed by atoms with Gasteiger partial charge in [-0.2, -0.15) is 0 Å². The summed E-state index contributed by atoms with van der Waals surface area (Å²) in [5.74, 6) is 1.85. The van der Waals surface area contributed by atoms with Crippen LogP contribution < -0.4 is 5.32 Å². The summed E-state index contributed by atoms with van der Waals surface area (Å²) < 4.78 is 5.03. The Morgan fingerprint density at radius 1 is 1.30 bits per heavy atom. The van der Waals surface area contributed by atoms with Crippen molar-refractivity contribution in [3.05, 3.63) is 40.4 Å². The number of likely N-dealkylation sites (tertiary alicyclic amines) is 1. The van der Waals surface area contributed by atoms with Gasteiger partial charge < -0.3 is 14.6 Å². The maximum Gasteiger partial charge on any atom is 0.257 e. The first-order chi connectivity index (χ1) is 13.2. The number of carbonyl (C=O) groups is 1. The van der Waals surface area contributed by atoms with E-state index in [1.54, 1.807) is 12.3 Å². The molecule has 1 amide bonds. The summed E-state index contributed by atoms with van der Waals surface area (Å²) in [6, 6.07) is 2.05. The molecule has 3 aromatic heterocycles. The number of aromatic nitrogens is 2. The van der Waals surface area contributed by atoms with Crippen LogP contribution in [0.4, 0.5) is 5.82 Å². The van der Waals surface area contributed by atoms with E-state index in [9.17, 15) is 4.79 Å². The minimum atomic E-state index is 0.0538. The maximum atomic E-state index is 12.5. The molecule has 0 atom stereocenters. The number of aryl methyl sites for hydroxylation is 3. The SMILES string of the molecule is Cc1nc(NC2CCN(C(=O)c3ccoc3)CC2)c2c3c(sc2n1)CCC3. The van der Waals surface area contributed by atoms with Gasteiger partial charge in [0.1, 0.15) is 22.7 Å². The first kappa shape index (κ1) is 16.7. The summed E-state index contributed by atoms with van der Waals surface area (Å²) in [6.45, 7) is 3.45. The highest BCUT2D eigenvalue weighted by molar-refractivity contribution is 7.19. The van der Waals surface area contributed by atoms with Gasteiger partial charge in [-0.1, -0.05) is 0 Å². The standard InChI is InChI=1S/C20H22N4O2S/c1-12-21-18(17-15-3-2-4-16(15)27-19(17)22-12)23-14-5-8-24(9-6-14)20(25)13-7-10-26-11-13/h7,10-11,14H,2-6,8-9H2,1H3,(H,21,22,23). The van der Waals surface area contributed by atoms with E-state index in [2.05, 4.69) is 10.3 Å². The van der Waals surface area contributed by atoms with E-state index in [0.717, 1.165) is 48.8 Å². The summed E-state index contributed by atoms with van der Waals surface area (Å²) in [6.07, 6.45) is 8.44. The van der Waals surface area contributed by atoms with Gasteiger partial charge in [-0.05, 0) is 50.7 Å². The van der Waals surface area contributed by atoms with Crippen molar-refractivity contribution < 1.29 is 9.21 Å². The molecule has 0 bridgehead atoms. The summed E-state index contributed by atoms with van der Waals surface area (Å²) in [5.41, 5.74) is 2.08. The van der Waals surface area contributed by atoms with Crippen LogP contribution in [0.2, 0.25) is 0 Å². The topological polar surface area (TPSA) is 71.3 Å². The Balaban J connectivity index is 1.33. The first-order valence-corrected chi connectivity index (χ1v) is 10.4. The lowest BCUT2D eigenvalue weighted by atomic mass is 10.0. The van der Waals surface area contributed by atoms with Crippen LogP contribution in [0, 0.1) is 6.92 Å². The van der Waals surface area contributed by atoms with Crippen molar-refractivity contribution in [3.63, 3.8) is 0 Å². The van der Waals surface area contributed by atoms with Crippen LogP contribution in [0.1, 0.15) is 45.9 Å². The Bertz CT molecular complexity index is 987. The fourth-order valence-corrected chi connectivity index (χ4v) is 5.50. The predicted molar refractivity (Wildman–Crippen MR) is 105 cm³/mol. The normalized spacial score (nSPS) is 17.4. The van der Waals surface area contributed by atoms with Gasteiger partial charge in [0, 0.05) is 24.0 Å². The van der Waals surface area contributed by atoms with Gasteiger partial charge in [0.25, 0.3) is 5.91 Å². The highest BCUT2D eigenvalue weighted by Crippen LogP contribution is 2.39. The second-order valence-electron chi connectivity index (χ2n) is 7.38. The van der Waals surface area contributed by atoms with E-state index >= 15 is 0 Å². The van der Waals surface area contributed by atoms with Crippen LogP contribution in [-0.2, 0) is 12.8 Å². The first-order valence-electron chi connectivity index (χ1n) is 9.56. The van der Waals surface area contributed by atoms with Crippen molar-refractivity contribution in [2.45, 2.75) is 45.1 Å². The third-order valence-electron chi connectivity index (χ3n) is 5.57. The van der Waals surface area contributed by atoms with Crippen LogP contribution in [0.25, 0.3) is 10.2 Å². The second kappa shape index (κ2) is 6.64. The highest BCUT2D eigenvalue weighted by atomic mass is 32.1. The molecule has 1 saturated heterocycles. The molecule has 0 radical (unpaired) electrons. The van der Waals surface area contributed by atoms with Gasteiger partial charge in [-0.3, -0.25) is 4.79 Å². The minimum absolute atomic E-state index is 0.0538. The van der Waals surface area contributed by atoms with Crippen LogP contribution in [0.3, 0.4) is 0 Å². The number of thiophene rings is 1. The Kier molecular flexibility index (Phi) is 4.11. The second-order valence-corrected chi connectivity index (χ2v) is 8.46. The average molecular weight is 382 g/mol. The fourth-order valence-electron chi connectivity index (χ4n) is 4.20. The molecular weight excluding hydrogens is 360 g/mol. The zero-order valence-corrected chi connectivity index (χ0v) is 16.1. The summed E-state index contributed by atoms with van der Waals surface area (Å²) in [4.78, 5) is 26.4. The molecule has 3 aromatic rings. The number of furan rings is 1. The summed E-state index contributed by atoms with van der Waals surface area (Å²) in [5, 5.41) is 4.91. The lowest BCUT2D eigenvalue weighted by Gasteiger charge is -2.32. The third kappa shape index (κ3) is 3.00. The third-order valence-corrected chi connectivity index (χ3v) is 6.75. The van der Waals surface area contributed by atoms with Gasteiger partial charge in [-0.15, -0.1) is 11.3 Å². The van der Waals surface area contributed by atoms with E-state index in [1.807, 2.05) is 23.2 Å². The molecule has 1 fully saturated rings. The van der Waals surface area contributed by atoms with Crippen molar-refractivity contribution in [2.24, 2.45) is 0 Å². The molecule has 27 heavy (non-hydrogen) atoms. The molecule has 2 aliphatic rings. The number of fused-ring (bicyclic) bond motifs is 3. The molecule has 0 spiro atoms. The van der Waals surface area contributed by atoms with Crippen LogP contribution in [-0.4, -0.2) is 39.9 Å². The Labute approximate surface area is 161 Å². The highest BCUT2D eigenvalue weighted by Gasteiger charge is 2.27. The van der Waals surface area contributed by atoms with Crippen molar-refractivity contribution >= 4 is 33.3 Å². The van der Waals surface area contributed by atoms with E-state index in [-0.39, 0.29) is 5.91 Å². The number of piperidine rings is 1. The molecular formula is C20H22N4O2S. The maximum absolute atomic E-state index is 12.5. The van der Waals surface area contributed by atoms with E-state index in [0.29, 0.717) is 11.6 Å². The number of nitrogens with one attached hydrogen (secondary N) is 1. The van der Waals surface area contributed by atoms with Gasteiger partial charge >= 0.3 is 0 Å². The smallest absolute Gasteiger partial charge is 0.257 e. The van der Waals surface area contributed by atoms with Crippen LogP contribution in [0.15, 0.2) is 23.0 Å². The zero-order valence-electron chi connectivity index (χ0n) is 15.3. The Hall–Kier alpha value is -2.41. The molecule has 0 saturated carbocycles. The van der Waals surface area contributed by atoms with Gasteiger partial charge in [-0.25, -0.2) is 9.97 Å². The summed E-state index contributed by atoms with van der Waals surface area (Å²) in [7, 11) is 0. The zero-order chi connectivity index (χ0) is 18.4. The molecule has 6 nitrogen and oxygen atoms in total. The molecule has 0 unspecified atom stereocenters. The quantitative estimate of drug-likeness (QED) is 0.746. The van der Waals surface area contributed by atoms with E-state index < -0.39 is 0 Å². The molecule has 5 rings (SSSR count). The molecule has 1 aliphatic heterocycles. The molecule has 4 heterocycles. The van der Waals surface area contributed by atoms with Crippen LogP contribution >= 0.6 is 11.3 Å². The molecule has 0 aromatic carbocycles. The van der Waals surface area contributed by atoms with Crippen LogP contribution in [0.5, 0.6) is 0 Å². The van der Waals surface area contributed by atoms with E-state index in [1.165, 1.54) is 34.9 Å². The van der Waals surface area contributed by atoms with Crippen molar-refractivity contribution in [1.29, 1.82) is 0 Å². The number of amides is 1. The van der Waals surface area contributed by atoms with Gasteiger partial charge in [0.15, 0.2) is 0 Å². The predicted octanol–water partition coefficient (Wildman–Crippen LogP) is 3.80. The van der Waals surface area contributed by atoms with Crippen molar-refractivity contribution in [2.75, 3.05) is 18.4 Å². The van der Waals surface area contributed by atoms with Crippen molar-refractivity contribution in [1.82, 2.24) is 14.9 Å². The number of hydrogen-bond donors (Lipinski definition) is 1. The molecule has 1 N–H and O–H groups in total. The fraction of sp³-hybridized carbons (Fsp3) is 0.450. The Morgan fingerprint density at radius 3 is 2.93 bits per heavy atom.